The molecule has 0 fully saturated rings. The summed E-state index contributed by atoms with van der Waals surface area (Å²) in [5.41, 5.74) is 1.29. The zero-order valence-corrected chi connectivity index (χ0v) is 12.8. The van der Waals surface area contributed by atoms with Crippen molar-refractivity contribution in [3.05, 3.63) is 34.0 Å². The lowest BCUT2D eigenvalue weighted by Gasteiger charge is -2.04. The number of H-pyrrole nitrogens is 1. The summed E-state index contributed by atoms with van der Waals surface area (Å²) in [4.78, 5) is 3.20. The zero-order valence-electron chi connectivity index (χ0n) is 9.60. The molecule has 0 aliphatic rings. The minimum Gasteiger partial charge on any atom is -0.329 e. The van der Waals surface area contributed by atoms with Crippen LogP contribution in [0.25, 0.3) is 11.0 Å². The van der Waals surface area contributed by atoms with Crippen LogP contribution in [0.5, 0.6) is 0 Å². The topological polar surface area (TPSA) is 54.9 Å². The molecule has 18 heavy (non-hydrogen) atoms. The van der Waals surface area contributed by atoms with Crippen LogP contribution in [-0.2, 0) is 16.4 Å². The van der Waals surface area contributed by atoms with Gasteiger partial charge < -0.3 is 9.55 Å². The number of fused-ring (bicyclic) bond motifs is 1. The number of hydrogen-bond donors (Lipinski definition) is 1. The summed E-state index contributed by atoms with van der Waals surface area (Å²) < 4.78 is 26.4. The molecule has 4 nitrogen and oxygen atoms in total. The maximum Gasteiger partial charge on any atom is 0.178 e. The van der Waals surface area contributed by atoms with Crippen LogP contribution in [-0.4, -0.2) is 24.2 Å². The number of nitrogens with one attached hydrogen (secondary N) is 1. The fourth-order valence-electron chi connectivity index (χ4n) is 1.79. The van der Waals surface area contributed by atoms with E-state index in [1.54, 1.807) is 16.7 Å². The van der Waals surface area contributed by atoms with E-state index >= 15 is 0 Å². The summed E-state index contributed by atoms with van der Waals surface area (Å²) in [6.45, 7) is 4.26. The third-order valence-corrected chi connectivity index (χ3v) is 4.21. The van der Waals surface area contributed by atoms with Gasteiger partial charge in [0.2, 0.25) is 0 Å². The Morgan fingerprint density at radius 3 is 2.78 bits per heavy atom. The van der Waals surface area contributed by atoms with E-state index in [2.05, 4.69) is 27.5 Å². The van der Waals surface area contributed by atoms with Crippen LogP contribution in [0.15, 0.2) is 34.2 Å². The van der Waals surface area contributed by atoms with Crippen molar-refractivity contribution in [2.75, 3.05) is 6.26 Å². The highest BCUT2D eigenvalue weighted by Crippen LogP contribution is 2.23. The van der Waals surface area contributed by atoms with Crippen LogP contribution in [0, 0.1) is 4.77 Å². The first kappa shape index (κ1) is 13.5. The number of imidazole rings is 1. The summed E-state index contributed by atoms with van der Waals surface area (Å²) in [5, 5.41) is 0. The van der Waals surface area contributed by atoms with Gasteiger partial charge in [0.15, 0.2) is 14.6 Å². The molecule has 0 aliphatic carbocycles. The van der Waals surface area contributed by atoms with Crippen LogP contribution in [0.2, 0.25) is 0 Å². The quantitative estimate of drug-likeness (QED) is 0.869. The highest BCUT2D eigenvalue weighted by Gasteiger charge is 2.15. The third kappa shape index (κ3) is 2.43. The smallest absolute Gasteiger partial charge is 0.178 e. The van der Waals surface area contributed by atoms with Gasteiger partial charge in [-0.15, -0.1) is 0 Å². The van der Waals surface area contributed by atoms with E-state index in [0.717, 1.165) is 10.00 Å². The molecule has 2 aromatic rings. The first-order chi connectivity index (χ1) is 8.30. The van der Waals surface area contributed by atoms with Crippen molar-refractivity contribution < 1.29 is 8.42 Å². The Hall–Kier alpha value is -0.920. The molecule has 0 radical (unpaired) electrons. The standard InChI is InChI=1S/C11H11BrN2O2S2/c1-7(12)6-14-8-4-3-5-9(18(2,15)16)10(8)13-11(14)17/h3-5H,1,6H2,2H3,(H,13,17). The highest BCUT2D eigenvalue weighted by molar-refractivity contribution is 9.11. The molecule has 0 spiro atoms. The van der Waals surface area contributed by atoms with Gasteiger partial charge >= 0.3 is 0 Å². The molecular formula is C11H11BrN2O2S2. The average molecular weight is 347 g/mol. The molecule has 1 aromatic heterocycles. The molecule has 0 aliphatic heterocycles. The second-order valence-corrected chi connectivity index (χ2v) is 7.45. The van der Waals surface area contributed by atoms with E-state index in [9.17, 15) is 8.42 Å². The van der Waals surface area contributed by atoms with Crippen molar-refractivity contribution >= 4 is 49.0 Å². The predicted molar refractivity (Wildman–Crippen MR) is 78.3 cm³/mol. The number of sulfone groups is 1. The third-order valence-electron chi connectivity index (χ3n) is 2.50. The summed E-state index contributed by atoms with van der Waals surface area (Å²) in [5.74, 6) is 0. The molecule has 0 bridgehead atoms. The summed E-state index contributed by atoms with van der Waals surface area (Å²) in [6, 6.07) is 5.09. The number of halogens is 1. The minimum atomic E-state index is -3.29. The molecule has 2 rings (SSSR count). The molecule has 1 N–H and O–H groups in total. The molecule has 1 heterocycles. The Bertz CT molecular complexity index is 787. The SMILES string of the molecule is C=C(Br)Cn1c(=S)[nH]c2c(S(C)(=O)=O)cccc21. The first-order valence-electron chi connectivity index (χ1n) is 5.05. The van der Waals surface area contributed by atoms with Gasteiger partial charge in [-0.3, -0.25) is 0 Å². The molecule has 96 valence electrons. The van der Waals surface area contributed by atoms with Crippen LogP contribution in [0.1, 0.15) is 0 Å². The number of hydrogen-bond acceptors (Lipinski definition) is 3. The van der Waals surface area contributed by atoms with Crippen molar-refractivity contribution in [2.45, 2.75) is 11.4 Å². The fourth-order valence-corrected chi connectivity index (χ4v) is 3.16. The predicted octanol–water partition coefficient (Wildman–Crippen LogP) is 3.01. The van der Waals surface area contributed by atoms with Gasteiger partial charge in [0.25, 0.3) is 0 Å². The normalized spacial score (nSPS) is 11.9. The summed E-state index contributed by atoms with van der Waals surface area (Å²) in [6.07, 6.45) is 1.18. The Balaban J connectivity index is 2.83. The van der Waals surface area contributed by atoms with E-state index in [-0.39, 0.29) is 4.90 Å². The lowest BCUT2D eigenvalue weighted by atomic mass is 10.3. The van der Waals surface area contributed by atoms with Gasteiger partial charge in [-0.2, -0.15) is 0 Å². The number of allylic oxidation sites excluding steroid dienone is 1. The second kappa shape index (κ2) is 4.64. The van der Waals surface area contributed by atoms with E-state index in [4.69, 9.17) is 12.2 Å². The molecular weight excluding hydrogens is 336 g/mol. The Morgan fingerprint density at radius 2 is 2.22 bits per heavy atom. The molecule has 0 saturated heterocycles. The van der Waals surface area contributed by atoms with Crippen LogP contribution in [0.3, 0.4) is 0 Å². The fraction of sp³-hybridized carbons (Fsp3) is 0.182. The second-order valence-electron chi connectivity index (χ2n) is 3.96. The number of aromatic nitrogens is 2. The van der Waals surface area contributed by atoms with E-state index < -0.39 is 9.84 Å². The lowest BCUT2D eigenvalue weighted by Crippen LogP contribution is -1.99. The number of rotatable bonds is 3. The van der Waals surface area contributed by atoms with Crippen LogP contribution in [0.4, 0.5) is 0 Å². The maximum atomic E-state index is 11.7. The summed E-state index contributed by atoms with van der Waals surface area (Å²) >= 11 is 8.48. The van der Waals surface area contributed by atoms with Gasteiger partial charge in [0.05, 0.1) is 22.5 Å². The van der Waals surface area contributed by atoms with Crippen molar-refractivity contribution in [1.29, 1.82) is 0 Å². The van der Waals surface area contributed by atoms with Crippen LogP contribution >= 0.6 is 28.1 Å². The first-order valence-corrected chi connectivity index (χ1v) is 8.15. The largest absolute Gasteiger partial charge is 0.329 e. The number of aromatic amines is 1. The highest BCUT2D eigenvalue weighted by atomic mass is 79.9. The van der Waals surface area contributed by atoms with E-state index in [0.29, 0.717) is 16.8 Å². The molecule has 0 amide bonds. The molecule has 1 aromatic carbocycles. The monoisotopic (exact) mass is 346 g/mol. The Kier molecular flexibility index (Phi) is 3.48. The van der Waals surface area contributed by atoms with Crippen molar-refractivity contribution in [1.82, 2.24) is 9.55 Å². The van der Waals surface area contributed by atoms with Gasteiger partial charge in [-0.25, -0.2) is 8.42 Å². The van der Waals surface area contributed by atoms with Crippen molar-refractivity contribution in [2.24, 2.45) is 0 Å². The van der Waals surface area contributed by atoms with E-state index in [1.807, 2.05) is 6.07 Å². The number of para-hydroxylation sites is 1. The van der Waals surface area contributed by atoms with E-state index in [1.165, 1.54) is 6.26 Å². The molecule has 7 heteroatoms. The van der Waals surface area contributed by atoms with Gasteiger partial charge in [0, 0.05) is 10.7 Å². The van der Waals surface area contributed by atoms with Crippen LogP contribution < -0.4 is 0 Å². The molecule has 0 atom stereocenters. The van der Waals surface area contributed by atoms with Gasteiger partial charge in [-0.05, 0) is 24.4 Å². The molecule has 0 saturated carbocycles. The summed E-state index contributed by atoms with van der Waals surface area (Å²) in [7, 11) is -3.29. The molecule has 0 unspecified atom stereocenters. The lowest BCUT2D eigenvalue weighted by molar-refractivity contribution is 0.602. The van der Waals surface area contributed by atoms with Crippen molar-refractivity contribution in [3.63, 3.8) is 0 Å². The Labute approximate surface area is 118 Å². The van der Waals surface area contributed by atoms with Gasteiger partial charge in [-0.1, -0.05) is 28.6 Å². The Morgan fingerprint density at radius 1 is 1.56 bits per heavy atom. The number of nitrogens with zero attached hydrogens (tertiary/aromatic N) is 1. The van der Waals surface area contributed by atoms with Gasteiger partial charge in [0.1, 0.15) is 0 Å². The average Bonchev–Trinajstić information content (AvgIpc) is 2.53. The maximum absolute atomic E-state index is 11.7. The number of benzene rings is 1. The zero-order chi connectivity index (χ0) is 13.5. The van der Waals surface area contributed by atoms with Crippen molar-refractivity contribution in [3.8, 4) is 0 Å². The minimum absolute atomic E-state index is 0.255.